The lowest BCUT2D eigenvalue weighted by Crippen LogP contribution is -2.51. The molecule has 2 aromatic carbocycles. The Hall–Kier alpha value is -5.91. The van der Waals surface area contributed by atoms with E-state index in [-0.39, 0.29) is 51.6 Å². The zero-order chi connectivity index (χ0) is 40.1. The summed E-state index contributed by atoms with van der Waals surface area (Å²) in [5.41, 5.74) is -1.51. The first-order valence-corrected chi connectivity index (χ1v) is 17.0. The van der Waals surface area contributed by atoms with Crippen LogP contribution < -0.4 is 10.6 Å². The molecule has 0 aromatic heterocycles. The van der Waals surface area contributed by atoms with Gasteiger partial charge in [0, 0.05) is 25.2 Å². The minimum absolute atomic E-state index is 0.0564. The number of hydrogen-bond acceptors (Lipinski definition) is 11. The van der Waals surface area contributed by atoms with Crippen molar-refractivity contribution in [2.45, 2.75) is 69.1 Å². The van der Waals surface area contributed by atoms with Crippen molar-refractivity contribution >= 4 is 53.7 Å². The zero-order valence-electron chi connectivity index (χ0n) is 29.7. The fourth-order valence-corrected chi connectivity index (χ4v) is 4.96. The highest BCUT2D eigenvalue weighted by Gasteiger charge is 2.42. The van der Waals surface area contributed by atoms with Crippen LogP contribution in [0.3, 0.4) is 0 Å². The molecule has 3 atom stereocenters. The van der Waals surface area contributed by atoms with E-state index in [2.05, 4.69) is 10.6 Å². The van der Waals surface area contributed by atoms with Gasteiger partial charge >= 0.3 is 17.9 Å². The third-order valence-electron chi connectivity index (χ3n) is 7.93. The molecule has 0 unspecified atom stereocenters. The topological polar surface area (TPSA) is 260 Å². The van der Waals surface area contributed by atoms with Gasteiger partial charge in [-0.3, -0.25) is 29.6 Å². The van der Waals surface area contributed by atoms with Crippen LogP contribution in [0.4, 0.5) is 0 Å². The number of carboxylic acids is 2. The summed E-state index contributed by atoms with van der Waals surface area (Å²) in [5, 5.41) is 55.3. The number of unbranched alkanes of at least 4 members (excludes halogenated alkanes) is 2. The van der Waals surface area contributed by atoms with Crippen molar-refractivity contribution in [1.29, 1.82) is 0 Å². The van der Waals surface area contributed by atoms with Crippen LogP contribution in [-0.4, -0.2) is 115 Å². The van der Waals surface area contributed by atoms with E-state index in [1.807, 2.05) is 6.07 Å². The number of carbonyl (C=O) groups excluding carboxylic acids is 5. The van der Waals surface area contributed by atoms with Crippen molar-refractivity contribution in [1.82, 2.24) is 20.8 Å². The van der Waals surface area contributed by atoms with E-state index in [1.165, 1.54) is 24.3 Å². The van der Waals surface area contributed by atoms with Crippen LogP contribution >= 0.6 is 0 Å². The summed E-state index contributed by atoms with van der Waals surface area (Å²) in [7, 11) is 1.05. The minimum atomic E-state index is -2.99. The predicted molar refractivity (Wildman–Crippen MR) is 191 cm³/mol. The lowest BCUT2D eigenvalue weighted by atomic mass is 9.94. The molecule has 0 spiro atoms. The summed E-state index contributed by atoms with van der Waals surface area (Å²) in [5.74, 6) is -8.05. The first-order chi connectivity index (χ1) is 25.6. The van der Waals surface area contributed by atoms with E-state index < -0.39 is 72.1 Å². The summed E-state index contributed by atoms with van der Waals surface area (Å²) >= 11 is 0. The first kappa shape index (κ1) is 44.3. The Morgan fingerprint density at radius 1 is 0.685 bits per heavy atom. The zero-order valence-corrected chi connectivity index (χ0v) is 29.7. The molecule has 0 fully saturated rings. The quantitative estimate of drug-likeness (QED) is 0.0282. The smallest absolute Gasteiger partial charge is 0.336 e. The largest absolute Gasteiger partial charge is 0.480 e. The number of aliphatic carboxylic acids is 2. The highest BCUT2D eigenvalue weighted by molar-refractivity contribution is 5.94. The lowest BCUT2D eigenvalue weighted by Gasteiger charge is -2.25. The van der Waals surface area contributed by atoms with E-state index in [9.17, 15) is 59.3 Å². The molecule has 54 heavy (non-hydrogen) atoms. The van der Waals surface area contributed by atoms with Gasteiger partial charge in [0.25, 0.3) is 11.8 Å². The van der Waals surface area contributed by atoms with Crippen molar-refractivity contribution in [2.75, 3.05) is 20.2 Å². The van der Waals surface area contributed by atoms with Crippen LogP contribution in [-0.2, 0) is 38.3 Å². The Morgan fingerprint density at radius 3 is 1.48 bits per heavy atom. The molecule has 7 N–H and O–H groups in total. The van der Waals surface area contributed by atoms with Crippen molar-refractivity contribution in [3.8, 4) is 0 Å². The Labute approximate surface area is 311 Å². The SMILES string of the molecule is COC(=O)[C@H](CCCCN(O)C(=O)/C=C/c1ccccc1)NC(=O)C[C@@](O)(CC(=O)N[C@H](CCCCN(O)C(=O)/C=C\c1ccccc1)C(=O)O)C(=O)O. The van der Waals surface area contributed by atoms with Gasteiger partial charge in [-0.05, 0) is 61.8 Å². The second-order valence-corrected chi connectivity index (χ2v) is 12.2. The van der Waals surface area contributed by atoms with Gasteiger partial charge in [0.2, 0.25) is 11.8 Å². The molecule has 0 radical (unpaired) electrons. The number of methoxy groups -OCH3 is 1. The number of hydroxylamine groups is 4. The average molecular weight is 755 g/mol. The molecule has 0 aliphatic rings. The van der Waals surface area contributed by atoms with Gasteiger partial charge < -0.3 is 30.7 Å². The monoisotopic (exact) mass is 754 g/mol. The number of amides is 4. The summed E-state index contributed by atoms with van der Waals surface area (Å²) in [6.45, 7) is -0.262. The van der Waals surface area contributed by atoms with Gasteiger partial charge in [-0.15, -0.1) is 0 Å². The van der Waals surface area contributed by atoms with Gasteiger partial charge in [-0.1, -0.05) is 60.7 Å². The summed E-state index contributed by atoms with van der Waals surface area (Å²) in [6, 6.07) is 14.9. The highest BCUT2D eigenvalue weighted by atomic mass is 16.5. The molecule has 4 amide bonds. The predicted octanol–water partition coefficient (Wildman–Crippen LogP) is 2.01. The second-order valence-electron chi connectivity index (χ2n) is 12.2. The number of aliphatic hydroxyl groups is 1. The van der Waals surface area contributed by atoms with Crippen molar-refractivity contribution in [2.24, 2.45) is 0 Å². The fraction of sp³-hybridized carbons (Fsp3) is 0.378. The second kappa shape index (κ2) is 22.9. The van der Waals surface area contributed by atoms with E-state index >= 15 is 0 Å². The van der Waals surface area contributed by atoms with E-state index in [4.69, 9.17) is 4.74 Å². The number of esters is 1. The number of benzene rings is 2. The van der Waals surface area contributed by atoms with Crippen LogP contribution in [0.1, 0.15) is 62.5 Å². The molecular weight excluding hydrogens is 708 g/mol. The first-order valence-electron chi connectivity index (χ1n) is 17.0. The number of hydrogen-bond donors (Lipinski definition) is 7. The molecule has 0 aliphatic carbocycles. The van der Waals surface area contributed by atoms with Crippen LogP contribution in [0.2, 0.25) is 0 Å². The Balaban J connectivity index is 1.85. The maximum Gasteiger partial charge on any atom is 0.336 e. The van der Waals surface area contributed by atoms with Crippen molar-refractivity contribution < 1.29 is 64.0 Å². The standard InChI is InChI=1S/C37H46N4O13/c1-54-35(48)29(17-9-11-23-41(53)33(45)21-19-27-14-6-3-7-15-27)39-31(43)25-37(51,36(49)50)24-30(42)38-28(34(46)47)16-8-10-22-40(52)32(44)20-18-26-12-4-2-5-13-26/h2-7,12-15,18-21,28-29,51-53H,8-11,16-17,22-25H2,1H3,(H,38,42)(H,39,43)(H,46,47)(H,49,50)/b20-18-,21-19+/t28-,29+,37+/m1/s1. The van der Waals surface area contributed by atoms with Gasteiger partial charge in [-0.25, -0.2) is 24.5 Å². The van der Waals surface area contributed by atoms with Gasteiger partial charge in [0.15, 0.2) is 5.60 Å². The number of carbonyl (C=O) groups is 7. The molecule has 0 heterocycles. The van der Waals surface area contributed by atoms with E-state index in [0.717, 1.165) is 18.2 Å². The molecule has 2 aromatic rings. The van der Waals surface area contributed by atoms with Crippen molar-refractivity contribution in [3.05, 3.63) is 83.9 Å². The third kappa shape index (κ3) is 16.2. The van der Waals surface area contributed by atoms with Crippen molar-refractivity contribution in [3.63, 3.8) is 0 Å². The molecule has 17 heteroatoms. The van der Waals surface area contributed by atoms with Gasteiger partial charge in [0.05, 0.1) is 20.0 Å². The summed E-state index contributed by atoms with van der Waals surface area (Å²) in [6.07, 6.45) is 3.38. The maximum atomic E-state index is 12.8. The maximum absolute atomic E-state index is 12.8. The summed E-state index contributed by atoms with van der Waals surface area (Å²) in [4.78, 5) is 85.8. The Morgan fingerprint density at radius 2 is 1.09 bits per heavy atom. The number of nitrogens with one attached hydrogen (secondary N) is 2. The highest BCUT2D eigenvalue weighted by Crippen LogP contribution is 2.18. The average Bonchev–Trinajstić information content (AvgIpc) is 3.15. The van der Waals surface area contributed by atoms with Crippen LogP contribution in [0.5, 0.6) is 0 Å². The molecular formula is C37H46N4O13. The van der Waals surface area contributed by atoms with Crippen LogP contribution in [0.15, 0.2) is 72.8 Å². The van der Waals surface area contributed by atoms with Crippen LogP contribution in [0.25, 0.3) is 12.2 Å². The molecule has 2 rings (SSSR count). The molecule has 0 bridgehead atoms. The normalized spacial score (nSPS) is 13.3. The minimum Gasteiger partial charge on any atom is -0.480 e. The molecule has 17 nitrogen and oxygen atoms in total. The van der Waals surface area contributed by atoms with E-state index in [1.54, 1.807) is 54.6 Å². The van der Waals surface area contributed by atoms with Gasteiger partial charge in [-0.2, -0.15) is 0 Å². The molecule has 0 saturated carbocycles. The fourth-order valence-electron chi connectivity index (χ4n) is 4.96. The lowest BCUT2D eigenvalue weighted by molar-refractivity contribution is -0.165. The van der Waals surface area contributed by atoms with Crippen LogP contribution in [0, 0.1) is 0 Å². The Bertz CT molecular complexity index is 1630. The molecule has 0 saturated heterocycles. The number of rotatable bonds is 23. The molecule has 292 valence electrons. The molecule has 0 aliphatic heterocycles. The Kier molecular flexibility index (Phi) is 18.8. The summed E-state index contributed by atoms with van der Waals surface area (Å²) < 4.78 is 4.69. The third-order valence-corrected chi connectivity index (χ3v) is 7.93. The number of carboxylic acid groups (broad SMARTS) is 2. The number of nitrogens with zero attached hydrogens (tertiary/aromatic N) is 2. The van der Waals surface area contributed by atoms with Gasteiger partial charge in [0.1, 0.15) is 12.1 Å². The van der Waals surface area contributed by atoms with E-state index in [0.29, 0.717) is 10.1 Å². The number of ether oxygens (including phenoxy) is 1.